The summed E-state index contributed by atoms with van der Waals surface area (Å²) in [5.41, 5.74) is 0.915. The number of likely N-dealkylation sites (N-methyl/N-ethyl adjacent to an activating group) is 1. The summed E-state index contributed by atoms with van der Waals surface area (Å²) in [6.45, 7) is 1.29. The van der Waals surface area contributed by atoms with E-state index in [9.17, 15) is 4.79 Å². The average Bonchev–Trinajstić information content (AvgIpc) is 2.76. The Morgan fingerprint density at radius 3 is 2.18 bits per heavy atom. The molecule has 0 aliphatic heterocycles. The Bertz CT molecular complexity index is 712. The predicted molar refractivity (Wildman–Crippen MR) is 112 cm³/mol. The van der Waals surface area contributed by atoms with Gasteiger partial charge in [0, 0.05) is 18.8 Å². The van der Waals surface area contributed by atoms with Gasteiger partial charge in [0.25, 0.3) is 0 Å². The lowest BCUT2D eigenvalue weighted by atomic mass is 9.94. The lowest BCUT2D eigenvalue weighted by molar-refractivity contribution is -0.130. The molecule has 1 fully saturated rings. The first kappa shape index (κ1) is 20.1. The zero-order valence-corrected chi connectivity index (χ0v) is 16.6. The third-order valence-electron chi connectivity index (χ3n) is 5.18. The summed E-state index contributed by atoms with van der Waals surface area (Å²) in [6, 6.07) is 17.8. The highest BCUT2D eigenvalue weighted by Gasteiger charge is 2.21. The van der Waals surface area contributed by atoms with Crippen molar-refractivity contribution in [3.63, 3.8) is 0 Å². The summed E-state index contributed by atoms with van der Waals surface area (Å²) in [5, 5.41) is 3.21. The second-order valence-electron chi connectivity index (χ2n) is 7.18. The van der Waals surface area contributed by atoms with Crippen molar-refractivity contribution in [3.05, 3.63) is 54.6 Å². The SMILES string of the molecule is CN(C(=O)CNc1ccc(OCCOc2ccccc2)cc1)C1CCCCC1. The summed E-state index contributed by atoms with van der Waals surface area (Å²) in [5.74, 6) is 1.77. The van der Waals surface area contributed by atoms with Gasteiger partial charge in [0.1, 0.15) is 24.7 Å². The van der Waals surface area contributed by atoms with Crippen LogP contribution in [0.4, 0.5) is 5.69 Å². The molecule has 1 N–H and O–H groups in total. The molecule has 2 aromatic carbocycles. The van der Waals surface area contributed by atoms with Gasteiger partial charge < -0.3 is 19.7 Å². The minimum atomic E-state index is 0.144. The zero-order chi connectivity index (χ0) is 19.6. The number of rotatable bonds is 9. The van der Waals surface area contributed by atoms with E-state index in [0.29, 0.717) is 25.8 Å². The quantitative estimate of drug-likeness (QED) is 0.655. The second-order valence-corrected chi connectivity index (χ2v) is 7.18. The molecule has 28 heavy (non-hydrogen) atoms. The van der Waals surface area contributed by atoms with Crippen LogP contribution in [0.25, 0.3) is 0 Å². The van der Waals surface area contributed by atoms with Crippen LogP contribution in [0.3, 0.4) is 0 Å². The first-order valence-corrected chi connectivity index (χ1v) is 10.1. The van der Waals surface area contributed by atoms with Gasteiger partial charge in [-0.05, 0) is 49.2 Å². The molecular weight excluding hydrogens is 352 g/mol. The molecule has 3 rings (SSSR count). The molecule has 0 bridgehead atoms. The summed E-state index contributed by atoms with van der Waals surface area (Å²) >= 11 is 0. The van der Waals surface area contributed by atoms with Gasteiger partial charge in [0.15, 0.2) is 0 Å². The van der Waals surface area contributed by atoms with Crippen LogP contribution in [0.2, 0.25) is 0 Å². The third-order valence-corrected chi connectivity index (χ3v) is 5.18. The monoisotopic (exact) mass is 382 g/mol. The van der Waals surface area contributed by atoms with Gasteiger partial charge in [-0.2, -0.15) is 0 Å². The molecule has 1 saturated carbocycles. The minimum absolute atomic E-state index is 0.144. The molecule has 0 atom stereocenters. The average molecular weight is 383 g/mol. The van der Waals surface area contributed by atoms with Crippen LogP contribution in [0.1, 0.15) is 32.1 Å². The van der Waals surface area contributed by atoms with Crippen LogP contribution in [0, 0.1) is 0 Å². The molecule has 5 nitrogen and oxygen atoms in total. The van der Waals surface area contributed by atoms with Gasteiger partial charge in [-0.1, -0.05) is 37.5 Å². The molecule has 1 aliphatic rings. The number of hydrogen-bond acceptors (Lipinski definition) is 4. The molecule has 5 heteroatoms. The molecule has 0 unspecified atom stereocenters. The predicted octanol–water partition coefficient (Wildman–Crippen LogP) is 4.35. The molecule has 0 heterocycles. The number of amides is 1. The summed E-state index contributed by atoms with van der Waals surface area (Å²) < 4.78 is 11.3. The molecule has 2 aromatic rings. The number of carbonyl (C=O) groups excluding carboxylic acids is 1. The van der Waals surface area contributed by atoms with Crippen LogP contribution in [0.5, 0.6) is 11.5 Å². The number of carbonyl (C=O) groups is 1. The van der Waals surface area contributed by atoms with Crippen LogP contribution in [0.15, 0.2) is 54.6 Å². The van der Waals surface area contributed by atoms with E-state index in [4.69, 9.17) is 9.47 Å². The Hall–Kier alpha value is -2.69. The van der Waals surface area contributed by atoms with Crippen molar-refractivity contribution in [2.75, 3.05) is 32.1 Å². The third kappa shape index (κ3) is 6.19. The maximum Gasteiger partial charge on any atom is 0.241 e. The van der Waals surface area contributed by atoms with E-state index in [1.54, 1.807) is 0 Å². The molecule has 0 spiro atoms. The van der Waals surface area contributed by atoms with Crippen molar-refractivity contribution < 1.29 is 14.3 Å². The molecule has 0 radical (unpaired) electrons. The lowest BCUT2D eigenvalue weighted by Crippen LogP contribution is -2.41. The topological polar surface area (TPSA) is 50.8 Å². The van der Waals surface area contributed by atoms with Gasteiger partial charge >= 0.3 is 0 Å². The molecule has 0 aromatic heterocycles. The van der Waals surface area contributed by atoms with E-state index in [1.807, 2.05) is 66.5 Å². The largest absolute Gasteiger partial charge is 0.490 e. The Morgan fingerprint density at radius 2 is 1.54 bits per heavy atom. The van der Waals surface area contributed by atoms with Crippen molar-refractivity contribution in [1.82, 2.24) is 4.90 Å². The van der Waals surface area contributed by atoms with Gasteiger partial charge in [0.05, 0.1) is 6.54 Å². The van der Waals surface area contributed by atoms with Crippen LogP contribution in [-0.4, -0.2) is 43.7 Å². The van der Waals surface area contributed by atoms with Crippen molar-refractivity contribution >= 4 is 11.6 Å². The molecule has 1 amide bonds. The van der Waals surface area contributed by atoms with Crippen molar-refractivity contribution in [2.45, 2.75) is 38.1 Å². The number of ether oxygens (including phenoxy) is 2. The number of nitrogens with zero attached hydrogens (tertiary/aromatic N) is 1. The molecule has 0 saturated heterocycles. The minimum Gasteiger partial charge on any atom is -0.490 e. The lowest BCUT2D eigenvalue weighted by Gasteiger charge is -2.31. The zero-order valence-electron chi connectivity index (χ0n) is 16.6. The van der Waals surface area contributed by atoms with Crippen molar-refractivity contribution in [1.29, 1.82) is 0 Å². The van der Waals surface area contributed by atoms with E-state index in [-0.39, 0.29) is 5.91 Å². The van der Waals surface area contributed by atoms with E-state index in [0.717, 1.165) is 30.0 Å². The number of benzene rings is 2. The van der Waals surface area contributed by atoms with Crippen LogP contribution in [-0.2, 0) is 4.79 Å². The van der Waals surface area contributed by atoms with Gasteiger partial charge in [0.2, 0.25) is 5.91 Å². The highest BCUT2D eigenvalue weighted by molar-refractivity contribution is 5.81. The number of nitrogens with one attached hydrogen (secondary N) is 1. The van der Waals surface area contributed by atoms with Crippen LogP contribution >= 0.6 is 0 Å². The Morgan fingerprint density at radius 1 is 0.929 bits per heavy atom. The fourth-order valence-electron chi connectivity index (χ4n) is 3.48. The van der Waals surface area contributed by atoms with E-state index in [2.05, 4.69) is 5.32 Å². The first-order valence-electron chi connectivity index (χ1n) is 10.1. The smallest absolute Gasteiger partial charge is 0.241 e. The Labute approximate surface area is 167 Å². The second kappa shape index (κ2) is 10.6. The number of para-hydroxylation sites is 1. The van der Waals surface area contributed by atoms with E-state index in [1.165, 1.54) is 19.3 Å². The summed E-state index contributed by atoms with van der Waals surface area (Å²) in [7, 11) is 1.93. The fraction of sp³-hybridized carbons (Fsp3) is 0.435. The highest BCUT2D eigenvalue weighted by Crippen LogP contribution is 2.22. The van der Waals surface area contributed by atoms with Crippen molar-refractivity contribution in [2.24, 2.45) is 0 Å². The maximum absolute atomic E-state index is 12.4. The van der Waals surface area contributed by atoms with E-state index >= 15 is 0 Å². The highest BCUT2D eigenvalue weighted by atomic mass is 16.5. The standard InChI is InChI=1S/C23H30N2O3/c1-25(20-8-4-2-5-9-20)23(26)18-24-19-12-14-22(15-13-19)28-17-16-27-21-10-6-3-7-11-21/h3,6-7,10-15,20,24H,2,4-5,8-9,16-18H2,1H3. The van der Waals surface area contributed by atoms with Gasteiger partial charge in [-0.25, -0.2) is 0 Å². The van der Waals surface area contributed by atoms with Crippen LogP contribution < -0.4 is 14.8 Å². The number of anilines is 1. The Kier molecular flexibility index (Phi) is 7.59. The van der Waals surface area contributed by atoms with Gasteiger partial charge in [-0.3, -0.25) is 4.79 Å². The molecular formula is C23H30N2O3. The summed E-state index contributed by atoms with van der Waals surface area (Å²) in [4.78, 5) is 14.3. The van der Waals surface area contributed by atoms with Crippen molar-refractivity contribution in [3.8, 4) is 11.5 Å². The summed E-state index contributed by atoms with van der Waals surface area (Å²) in [6.07, 6.45) is 6.01. The molecule has 150 valence electrons. The molecule has 1 aliphatic carbocycles. The first-order chi connectivity index (χ1) is 13.7. The normalized spacial score (nSPS) is 14.3. The fourth-order valence-corrected chi connectivity index (χ4v) is 3.48. The van der Waals surface area contributed by atoms with Gasteiger partial charge in [-0.15, -0.1) is 0 Å². The number of hydrogen-bond donors (Lipinski definition) is 1. The maximum atomic E-state index is 12.4. The van der Waals surface area contributed by atoms with E-state index < -0.39 is 0 Å². The Balaban J connectivity index is 1.36.